The van der Waals surface area contributed by atoms with Crippen LogP contribution in [-0.2, 0) is 4.79 Å². The summed E-state index contributed by atoms with van der Waals surface area (Å²) in [5.74, 6) is 0.398. The fraction of sp³-hybridized carbons (Fsp3) is 0.909. The van der Waals surface area contributed by atoms with Gasteiger partial charge < -0.3 is 0 Å². The lowest BCUT2D eigenvalue weighted by Gasteiger charge is -2.35. The molecule has 0 N–H and O–H groups in total. The number of carbonyl (C=O) groups excluding carboxylic acids is 1. The maximum Gasteiger partial charge on any atom is 0.155 e. The summed E-state index contributed by atoms with van der Waals surface area (Å²) in [6.45, 7) is 7.11. The molecule has 0 aromatic heterocycles. The van der Waals surface area contributed by atoms with Crippen LogP contribution < -0.4 is 0 Å². The van der Waals surface area contributed by atoms with Crippen molar-refractivity contribution in [3.8, 4) is 0 Å². The molecule has 13 heavy (non-hydrogen) atoms. The minimum absolute atomic E-state index is 0.175. The molecular formula is C11H21NO. The maximum absolute atomic E-state index is 12.0. The van der Waals surface area contributed by atoms with Crippen LogP contribution in [0.4, 0.5) is 0 Å². The van der Waals surface area contributed by atoms with Crippen molar-refractivity contribution in [2.24, 2.45) is 5.41 Å². The molecule has 2 nitrogen and oxygen atoms in total. The highest BCUT2D eigenvalue weighted by Gasteiger charge is 2.33. The van der Waals surface area contributed by atoms with Gasteiger partial charge in [0.2, 0.25) is 0 Å². The third kappa shape index (κ3) is 2.53. The van der Waals surface area contributed by atoms with Gasteiger partial charge in [0.15, 0.2) is 5.78 Å². The summed E-state index contributed by atoms with van der Waals surface area (Å²) in [6.07, 6.45) is 3.49. The molecule has 0 saturated carbocycles. The smallest absolute Gasteiger partial charge is 0.155 e. The van der Waals surface area contributed by atoms with E-state index in [1.807, 2.05) is 20.8 Å². The lowest BCUT2D eigenvalue weighted by atomic mass is 9.83. The highest BCUT2D eigenvalue weighted by Crippen LogP contribution is 2.24. The fourth-order valence-corrected chi connectivity index (χ4v) is 1.91. The Hall–Kier alpha value is -0.370. The number of Topliss-reactive ketones (excluding diaryl/α,β-unsaturated/α-hetero) is 1. The van der Waals surface area contributed by atoms with Crippen molar-refractivity contribution in [3.05, 3.63) is 0 Å². The Morgan fingerprint density at radius 3 is 2.38 bits per heavy atom. The first-order valence-corrected chi connectivity index (χ1v) is 5.17. The van der Waals surface area contributed by atoms with E-state index in [1.54, 1.807) is 0 Å². The Kier molecular flexibility index (Phi) is 3.12. The summed E-state index contributed by atoms with van der Waals surface area (Å²) < 4.78 is 0. The van der Waals surface area contributed by atoms with Crippen molar-refractivity contribution in [2.45, 2.75) is 46.1 Å². The van der Waals surface area contributed by atoms with Crippen molar-refractivity contribution >= 4 is 5.78 Å². The summed E-state index contributed by atoms with van der Waals surface area (Å²) in [4.78, 5) is 14.2. The van der Waals surface area contributed by atoms with Gasteiger partial charge in [0.05, 0.1) is 6.04 Å². The van der Waals surface area contributed by atoms with Gasteiger partial charge in [-0.05, 0) is 26.4 Å². The Labute approximate surface area is 81.3 Å². The number of likely N-dealkylation sites (tertiary alicyclic amines) is 1. The molecule has 1 aliphatic heterocycles. The summed E-state index contributed by atoms with van der Waals surface area (Å²) in [5.41, 5.74) is -0.184. The predicted octanol–water partition coefficient (Wildman–Crippen LogP) is 2.09. The number of nitrogens with zero attached hydrogens (tertiary/aromatic N) is 1. The number of hydrogen-bond donors (Lipinski definition) is 0. The molecule has 0 aliphatic carbocycles. The van der Waals surface area contributed by atoms with E-state index < -0.39 is 0 Å². The highest BCUT2D eigenvalue weighted by atomic mass is 16.1. The normalized spacial score (nSPS) is 26.0. The quantitative estimate of drug-likeness (QED) is 0.620. The summed E-state index contributed by atoms with van der Waals surface area (Å²) in [5, 5.41) is 0. The van der Waals surface area contributed by atoms with E-state index >= 15 is 0 Å². The summed E-state index contributed by atoms with van der Waals surface area (Å²) >= 11 is 0. The molecule has 0 amide bonds. The monoisotopic (exact) mass is 183 g/mol. The highest BCUT2D eigenvalue weighted by molar-refractivity contribution is 5.88. The van der Waals surface area contributed by atoms with Crippen LogP contribution in [0.3, 0.4) is 0 Å². The summed E-state index contributed by atoms with van der Waals surface area (Å²) in [6, 6.07) is 0.175. The van der Waals surface area contributed by atoms with Gasteiger partial charge >= 0.3 is 0 Å². The second kappa shape index (κ2) is 3.79. The van der Waals surface area contributed by atoms with E-state index in [2.05, 4.69) is 11.9 Å². The number of piperidine rings is 1. The number of rotatable bonds is 1. The van der Waals surface area contributed by atoms with Crippen LogP contribution in [0.25, 0.3) is 0 Å². The molecular weight excluding hydrogens is 162 g/mol. The van der Waals surface area contributed by atoms with Gasteiger partial charge in [0.1, 0.15) is 0 Å². The molecule has 1 saturated heterocycles. The number of hydrogen-bond acceptors (Lipinski definition) is 2. The second-order valence-electron chi connectivity index (χ2n) is 5.11. The van der Waals surface area contributed by atoms with E-state index in [-0.39, 0.29) is 11.5 Å². The molecule has 1 fully saturated rings. The number of ketones is 1. The summed E-state index contributed by atoms with van der Waals surface area (Å²) in [7, 11) is 2.06. The molecule has 0 bridgehead atoms. The van der Waals surface area contributed by atoms with Crippen molar-refractivity contribution in [1.82, 2.24) is 4.90 Å². The second-order valence-corrected chi connectivity index (χ2v) is 5.11. The van der Waals surface area contributed by atoms with E-state index in [9.17, 15) is 4.79 Å². The maximum atomic E-state index is 12.0. The van der Waals surface area contributed by atoms with Crippen LogP contribution in [0.1, 0.15) is 40.0 Å². The lowest BCUT2D eigenvalue weighted by molar-refractivity contribution is -0.132. The molecule has 76 valence electrons. The van der Waals surface area contributed by atoms with Crippen molar-refractivity contribution in [1.29, 1.82) is 0 Å². The topological polar surface area (TPSA) is 20.3 Å². The standard InChI is InChI=1S/C11H21NO/c1-11(2,3)10(13)9-7-5-6-8-12(9)4/h9H,5-8H2,1-4H3/t9-/m1/s1. The van der Waals surface area contributed by atoms with Crippen LogP contribution in [0.2, 0.25) is 0 Å². The van der Waals surface area contributed by atoms with Gasteiger partial charge in [-0.1, -0.05) is 27.2 Å². The SMILES string of the molecule is CN1CCCC[C@@H]1C(=O)C(C)(C)C. The molecule has 1 aliphatic rings. The first-order chi connectivity index (χ1) is 5.93. The Morgan fingerprint density at radius 2 is 1.92 bits per heavy atom. The molecule has 0 aromatic rings. The zero-order valence-electron chi connectivity index (χ0n) is 9.26. The third-order valence-corrected chi connectivity index (χ3v) is 2.81. The van der Waals surface area contributed by atoms with Crippen LogP contribution >= 0.6 is 0 Å². The van der Waals surface area contributed by atoms with Crippen LogP contribution in [0.5, 0.6) is 0 Å². The lowest BCUT2D eigenvalue weighted by Crippen LogP contribution is -2.46. The molecule has 0 aromatic carbocycles. The van der Waals surface area contributed by atoms with Crippen LogP contribution in [-0.4, -0.2) is 30.3 Å². The van der Waals surface area contributed by atoms with E-state index in [4.69, 9.17) is 0 Å². The Morgan fingerprint density at radius 1 is 1.31 bits per heavy atom. The van der Waals surface area contributed by atoms with Gasteiger partial charge in [-0.2, -0.15) is 0 Å². The zero-order chi connectivity index (χ0) is 10.1. The first-order valence-electron chi connectivity index (χ1n) is 5.17. The minimum atomic E-state index is -0.184. The van der Waals surface area contributed by atoms with Crippen LogP contribution in [0, 0.1) is 5.41 Å². The first kappa shape index (κ1) is 10.7. The van der Waals surface area contributed by atoms with Gasteiger partial charge in [0, 0.05) is 5.41 Å². The zero-order valence-corrected chi connectivity index (χ0v) is 9.26. The fourth-order valence-electron chi connectivity index (χ4n) is 1.91. The molecule has 1 rings (SSSR count). The predicted molar refractivity (Wildman–Crippen MR) is 54.7 cm³/mol. The minimum Gasteiger partial charge on any atom is -0.297 e. The van der Waals surface area contributed by atoms with Gasteiger partial charge in [-0.3, -0.25) is 9.69 Å². The van der Waals surface area contributed by atoms with E-state index in [1.165, 1.54) is 12.8 Å². The third-order valence-electron chi connectivity index (χ3n) is 2.81. The average molecular weight is 183 g/mol. The van der Waals surface area contributed by atoms with Gasteiger partial charge in [0.25, 0.3) is 0 Å². The van der Waals surface area contributed by atoms with E-state index in [0.717, 1.165) is 13.0 Å². The van der Waals surface area contributed by atoms with Crippen molar-refractivity contribution in [2.75, 3.05) is 13.6 Å². The molecule has 1 heterocycles. The molecule has 0 unspecified atom stereocenters. The molecule has 0 radical (unpaired) electrons. The number of likely N-dealkylation sites (N-methyl/N-ethyl adjacent to an activating group) is 1. The Bertz CT molecular complexity index is 193. The Balaban J connectivity index is 2.64. The van der Waals surface area contributed by atoms with Gasteiger partial charge in [-0.15, -0.1) is 0 Å². The van der Waals surface area contributed by atoms with Crippen LogP contribution in [0.15, 0.2) is 0 Å². The van der Waals surface area contributed by atoms with E-state index in [0.29, 0.717) is 5.78 Å². The molecule has 0 spiro atoms. The van der Waals surface area contributed by atoms with Crippen molar-refractivity contribution in [3.63, 3.8) is 0 Å². The molecule has 2 heteroatoms. The number of carbonyl (C=O) groups is 1. The molecule has 1 atom stereocenters. The average Bonchev–Trinajstić information content (AvgIpc) is 2.02. The van der Waals surface area contributed by atoms with Gasteiger partial charge in [-0.25, -0.2) is 0 Å². The largest absolute Gasteiger partial charge is 0.297 e. The van der Waals surface area contributed by atoms with Crippen molar-refractivity contribution < 1.29 is 4.79 Å².